The third-order valence-corrected chi connectivity index (χ3v) is 3.71. The van der Waals surface area contributed by atoms with E-state index < -0.39 is 7.04 Å². The Balaban J connectivity index is 1.90. The van der Waals surface area contributed by atoms with E-state index in [0.29, 0.717) is 18.0 Å². The first-order chi connectivity index (χ1) is 9.37. The summed E-state index contributed by atoms with van der Waals surface area (Å²) in [7, 11) is -2.60. The molecule has 0 bridgehead atoms. The summed E-state index contributed by atoms with van der Waals surface area (Å²) in [4.78, 5) is 18.2. The van der Waals surface area contributed by atoms with Gasteiger partial charge in [0.2, 0.25) is 5.88 Å². The standard InChI is InChI=1S/C13H16N2O2/c1-8(9-3-4-9)15-7-10-5-6-14-12(17-2)11(10)13(15)16/h5-6,8-9H,3-4,7H2,1-2H3/i2D3. The summed E-state index contributed by atoms with van der Waals surface area (Å²) in [6, 6.07) is 1.93. The molecule has 1 unspecified atom stereocenters. The van der Waals surface area contributed by atoms with Crippen LogP contribution in [0.1, 0.15) is 39.8 Å². The second-order valence-electron chi connectivity index (χ2n) is 4.76. The first-order valence-corrected chi connectivity index (χ1v) is 5.84. The molecule has 1 aromatic rings. The zero-order valence-corrected chi connectivity index (χ0v) is 9.64. The predicted molar refractivity (Wildman–Crippen MR) is 62.8 cm³/mol. The molecule has 0 aromatic carbocycles. The lowest BCUT2D eigenvalue weighted by Crippen LogP contribution is -2.34. The van der Waals surface area contributed by atoms with Crippen LogP contribution in [0.15, 0.2) is 12.3 Å². The molecule has 90 valence electrons. The summed E-state index contributed by atoms with van der Waals surface area (Å²) >= 11 is 0. The molecular formula is C13H16N2O2. The highest BCUT2D eigenvalue weighted by Gasteiger charge is 2.39. The van der Waals surface area contributed by atoms with Crippen LogP contribution in [0.25, 0.3) is 0 Å². The van der Waals surface area contributed by atoms with Gasteiger partial charge in [-0.1, -0.05) is 0 Å². The molecule has 17 heavy (non-hydrogen) atoms. The van der Waals surface area contributed by atoms with Crippen LogP contribution in [0.2, 0.25) is 0 Å². The van der Waals surface area contributed by atoms with E-state index in [2.05, 4.69) is 4.98 Å². The minimum atomic E-state index is -2.60. The molecule has 1 saturated carbocycles. The average Bonchev–Trinajstić information content (AvgIpc) is 3.12. The van der Waals surface area contributed by atoms with E-state index >= 15 is 0 Å². The maximum absolute atomic E-state index is 12.5. The molecule has 1 aliphatic heterocycles. The number of nitrogens with zero attached hydrogens (tertiary/aromatic N) is 2. The number of rotatable bonds is 3. The van der Waals surface area contributed by atoms with Crippen LogP contribution in [0, 0.1) is 5.92 Å². The molecule has 0 radical (unpaired) electrons. The number of hydrogen-bond acceptors (Lipinski definition) is 3. The quantitative estimate of drug-likeness (QED) is 0.803. The number of ether oxygens (including phenoxy) is 1. The molecule has 1 amide bonds. The van der Waals surface area contributed by atoms with Crippen molar-refractivity contribution in [2.24, 2.45) is 5.92 Å². The normalized spacial score (nSPS) is 23.7. The third kappa shape index (κ3) is 1.59. The Labute approximate surface area is 105 Å². The van der Waals surface area contributed by atoms with E-state index in [-0.39, 0.29) is 17.8 Å². The highest BCUT2D eigenvalue weighted by molar-refractivity contribution is 6.00. The van der Waals surface area contributed by atoms with Crippen molar-refractivity contribution in [2.45, 2.75) is 32.4 Å². The fraction of sp³-hybridized carbons (Fsp3) is 0.538. The molecule has 4 heteroatoms. The molecule has 0 spiro atoms. The zero-order valence-electron chi connectivity index (χ0n) is 12.6. The molecule has 2 aliphatic rings. The van der Waals surface area contributed by atoms with Crippen LogP contribution in [0.5, 0.6) is 5.88 Å². The molecule has 3 rings (SSSR count). The molecule has 1 aromatic heterocycles. The maximum Gasteiger partial charge on any atom is 0.260 e. The van der Waals surface area contributed by atoms with Gasteiger partial charge in [0.25, 0.3) is 5.91 Å². The van der Waals surface area contributed by atoms with Crippen molar-refractivity contribution in [3.63, 3.8) is 0 Å². The fourth-order valence-corrected chi connectivity index (χ4v) is 2.48. The molecule has 1 aliphatic carbocycles. The first kappa shape index (κ1) is 7.69. The van der Waals surface area contributed by atoms with E-state index in [0.717, 1.165) is 18.4 Å². The smallest absolute Gasteiger partial charge is 0.260 e. The van der Waals surface area contributed by atoms with Crippen LogP contribution in [0.3, 0.4) is 0 Å². The molecule has 1 atom stereocenters. The van der Waals surface area contributed by atoms with Crippen LogP contribution < -0.4 is 4.74 Å². The minimum absolute atomic E-state index is 0.0852. The first-order valence-electron chi connectivity index (χ1n) is 7.34. The van der Waals surface area contributed by atoms with Crippen molar-refractivity contribution in [1.29, 1.82) is 0 Å². The number of hydrogen-bond donors (Lipinski definition) is 0. The van der Waals surface area contributed by atoms with Crippen molar-refractivity contribution in [3.05, 3.63) is 23.4 Å². The molecule has 0 N–H and O–H groups in total. The molecule has 0 saturated heterocycles. The number of carbonyl (C=O) groups is 1. The number of amides is 1. The summed E-state index contributed by atoms with van der Waals surface area (Å²) in [6.45, 7) is 2.55. The van der Waals surface area contributed by atoms with Crippen molar-refractivity contribution in [2.75, 3.05) is 7.04 Å². The predicted octanol–water partition coefficient (Wildman–Crippen LogP) is 1.84. The number of fused-ring (bicyclic) bond motifs is 1. The number of carbonyl (C=O) groups excluding carboxylic acids is 1. The van der Waals surface area contributed by atoms with E-state index in [1.54, 1.807) is 11.0 Å². The minimum Gasteiger partial charge on any atom is -0.480 e. The second kappa shape index (κ2) is 3.72. The van der Waals surface area contributed by atoms with Gasteiger partial charge >= 0.3 is 0 Å². The Morgan fingerprint density at radius 1 is 1.65 bits per heavy atom. The van der Waals surface area contributed by atoms with Gasteiger partial charge in [-0.15, -0.1) is 0 Å². The zero-order chi connectivity index (χ0) is 14.5. The van der Waals surface area contributed by atoms with Gasteiger partial charge in [0, 0.05) is 18.8 Å². The van der Waals surface area contributed by atoms with Gasteiger partial charge in [0.15, 0.2) is 0 Å². The van der Waals surface area contributed by atoms with E-state index in [1.807, 2.05) is 6.92 Å². The van der Waals surface area contributed by atoms with Crippen LogP contribution in [-0.4, -0.2) is 28.9 Å². The van der Waals surface area contributed by atoms with Crippen LogP contribution in [0.4, 0.5) is 0 Å². The number of aromatic nitrogens is 1. The summed E-state index contributed by atoms with van der Waals surface area (Å²) < 4.78 is 26.3. The van der Waals surface area contributed by atoms with Crippen LogP contribution >= 0.6 is 0 Å². The highest BCUT2D eigenvalue weighted by Crippen LogP contribution is 2.39. The van der Waals surface area contributed by atoms with E-state index in [1.165, 1.54) is 6.20 Å². The summed E-state index contributed by atoms with van der Waals surface area (Å²) in [5, 5.41) is 0. The van der Waals surface area contributed by atoms with Gasteiger partial charge in [-0.25, -0.2) is 4.98 Å². The average molecular weight is 235 g/mol. The number of methoxy groups -OCH3 is 1. The Kier molecular flexibility index (Phi) is 1.68. The lowest BCUT2D eigenvalue weighted by Gasteiger charge is -2.23. The van der Waals surface area contributed by atoms with E-state index in [9.17, 15) is 4.79 Å². The summed E-state index contributed by atoms with van der Waals surface area (Å²) in [5.41, 5.74) is 1.09. The van der Waals surface area contributed by atoms with Gasteiger partial charge in [0.1, 0.15) is 5.56 Å². The van der Waals surface area contributed by atoms with Crippen molar-refractivity contribution in [3.8, 4) is 5.88 Å². The molecule has 2 heterocycles. The van der Waals surface area contributed by atoms with E-state index in [4.69, 9.17) is 8.85 Å². The van der Waals surface area contributed by atoms with Gasteiger partial charge in [-0.3, -0.25) is 4.79 Å². The van der Waals surface area contributed by atoms with Gasteiger partial charge < -0.3 is 9.64 Å². The van der Waals surface area contributed by atoms with Gasteiger partial charge in [-0.2, -0.15) is 0 Å². The Hall–Kier alpha value is -1.58. The SMILES string of the molecule is [2H]C([2H])([2H])Oc1nccc2c1C(=O)N(C(C)C1CC1)C2. The monoisotopic (exact) mass is 235 g/mol. The highest BCUT2D eigenvalue weighted by atomic mass is 16.5. The fourth-order valence-electron chi connectivity index (χ4n) is 2.48. The Morgan fingerprint density at radius 3 is 3.18 bits per heavy atom. The maximum atomic E-state index is 12.5. The summed E-state index contributed by atoms with van der Waals surface area (Å²) in [5.74, 6) is 0.304. The molecule has 1 fully saturated rings. The van der Waals surface area contributed by atoms with Crippen molar-refractivity contribution in [1.82, 2.24) is 9.88 Å². The third-order valence-electron chi connectivity index (χ3n) is 3.71. The Morgan fingerprint density at radius 2 is 2.47 bits per heavy atom. The largest absolute Gasteiger partial charge is 0.480 e. The lowest BCUT2D eigenvalue weighted by molar-refractivity contribution is 0.0695. The Bertz CT molecular complexity index is 555. The van der Waals surface area contributed by atoms with Crippen LogP contribution in [-0.2, 0) is 6.54 Å². The van der Waals surface area contributed by atoms with Crippen molar-refractivity contribution < 1.29 is 13.6 Å². The summed E-state index contributed by atoms with van der Waals surface area (Å²) in [6.07, 6.45) is 3.79. The van der Waals surface area contributed by atoms with Crippen molar-refractivity contribution >= 4 is 5.91 Å². The lowest BCUT2D eigenvalue weighted by atomic mass is 10.2. The van der Waals surface area contributed by atoms with Gasteiger partial charge in [0.05, 0.1) is 11.2 Å². The number of pyridine rings is 1. The second-order valence-corrected chi connectivity index (χ2v) is 4.76. The topological polar surface area (TPSA) is 42.4 Å². The molecule has 4 nitrogen and oxygen atoms in total. The van der Waals surface area contributed by atoms with Gasteiger partial charge in [-0.05, 0) is 37.3 Å². The molecular weight excluding hydrogens is 216 g/mol.